The molecule has 0 aliphatic carbocycles. The van der Waals surface area contributed by atoms with Gasteiger partial charge in [0.05, 0.1) is 11.1 Å². The minimum Gasteiger partial charge on any atom is -0.503 e. The fourth-order valence-corrected chi connectivity index (χ4v) is 2.18. The van der Waals surface area contributed by atoms with Gasteiger partial charge in [0, 0.05) is 6.04 Å². The van der Waals surface area contributed by atoms with Crippen molar-refractivity contribution in [2.24, 2.45) is 11.7 Å². The summed E-state index contributed by atoms with van der Waals surface area (Å²) in [5.74, 6) is 1.15. The van der Waals surface area contributed by atoms with Crippen LogP contribution < -0.4 is 10.5 Å². The van der Waals surface area contributed by atoms with Gasteiger partial charge in [-0.25, -0.2) is 0 Å². The molecule has 1 rings (SSSR count). The fraction of sp³-hybridized carbons (Fsp3) is 0.538. The molecule has 0 saturated heterocycles. The molecule has 0 fully saturated rings. The van der Waals surface area contributed by atoms with Crippen molar-refractivity contribution >= 4 is 15.9 Å². The normalized spacial score (nSPS) is 12.8. The quantitative estimate of drug-likeness (QED) is 0.873. The zero-order valence-corrected chi connectivity index (χ0v) is 12.1. The predicted octanol–water partition coefficient (Wildman–Crippen LogP) is 3.60. The molecule has 1 aromatic carbocycles. The van der Waals surface area contributed by atoms with Gasteiger partial charge in [-0.3, -0.25) is 0 Å². The molecule has 0 aliphatic rings. The highest BCUT2D eigenvalue weighted by Crippen LogP contribution is 2.37. The summed E-state index contributed by atoms with van der Waals surface area (Å²) < 4.78 is 6.00. The van der Waals surface area contributed by atoms with Gasteiger partial charge in [-0.2, -0.15) is 0 Å². The van der Waals surface area contributed by atoms with Crippen LogP contribution in [0.3, 0.4) is 0 Å². The number of hydrogen-bond donors (Lipinski definition) is 2. The van der Waals surface area contributed by atoms with Gasteiger partial charge in [-0.15, -0.1) is 0 Å². The first-order valence-electron chi connectivity index (χ1n) is 5.86. The largest absolute Gasteiger partial charge is 0.503 e. The van der Waals surface area contributed by atoms with E-state index in [4.69, 9.17) is 10.5 Å². The maximum Gasteiger partial charge on any atom is 0.172 e. The minimum absolute atomic E-state index is 0.0360. The Kier molecular flexibility index (Phi) is 5.28. The Morgan fingerprint density at radius 3 is 2.59 bits per heavy atom. The van der Waals surface area contributed by atoms with Crippen molar-refractivity contribution in [3.8, 4) is 11.5 Å². The zero-order valence-electron chi connectivity index (χ0n) is 10.5. The smallest absolute Gasteiger partial charge is 0.172 e. The number of phenols is 1. The van der Waals surface area contributed by atoms with Crippen LogP contribution in [0.15, 0.2) is 16.6 Å². The van der Waals surface area contributed by atoms with Crippen LogP contribution in [-0.2, 0) is 0 Å². The average Bonchev–Trinajstić information content (AvgIpc) is 2.23. The molecule has 3 nitrogen and oxygen atoms in total. The molecule has 0 radical (unpaired) electrons. The third-order valence-corrected chi connectivity index (χ3v) is 3.11. The number of ether oxygens (including phenoxy) is 1. The van der Waals surface area contributed by atoms with Crippen LogP contribution in [0.1, 0.15) is 38.8 Å². The lowest BCUT2D eigenvalue weighted by atomic mass is 9.97. The molecule has 3 N–H and O–H groups in total. The molecule has 96 valence electrons. The summed E-state index contributed by atoms with van der Waals surface area (Å²) in [6, 6.07) is 3.63. The Morgan fingerprint density at radius 1 is 1.41 bits per heavy atom. The average molecular weight is 302 g/mol. The Hall–Kier alpha value is -0.740. The van der Waals surface area contributed by atoms with Crippen molar-refractivity contribution in [3.05, 3.63) is 22.2 Å². The van der Waals surface area contributed by atoms with E-state index in [1.54, 1.807) is 0 Å². The molecule has 0 aromatic heterocycles. The summed E-state index contributed by atoms with van der Waals surface area (Å²) in [5, 5.41) is 9.80. The Morgan fingerprint density at radius 2 is 2.06 bits per heavy atom. The zero-order chi connectivity index (χ0) is 13.0. The van der Waals surface area contributed by atoms with Crippen LogP contribution in [0, 0.1) is 5.92 Å². The molecule has 0 bridgehead atoms. The summed E-state index contributed by atoms with van der Waals surface area (Å²) in [6.45, 7) is 6.68. The first-order chi connectivity index (χ1) is 7.95. The minimum atomic E-state index is -0.0360. The number of benzene rings is 1. The molecule has 4 heteroatoms. The van der Waals surface area contributed by atoms with E-state index in [-0.39, 0.29) is 11.8 Å². The van der Waals surface area contributed by atoms with Crippen LogP contribution >= 0.6 is 15.9 Å². The molecule has 1 aromatic rings. The van der Waals surface area contributed by atoms with E-state index in [0.717, 1.165) is 12.0 Å². The second-order valence-corrected chi connectivity index (χ2v) is 5.37. The molecule has 17 heavy (non-hydrogen) atoms. The van der Waals surface area contributed by atoms with Crippen LogP contribution in [0.4, 0.5) is 0 Å². The number of hydrogen-bond acceptors (Lipinski definition) is 3. The Labute approximate surface area is 111 Å². The Balaban J connectivity index is 3.00. The molecule has 0 heterocycles. The number of nitrogens with two attached hydrogens (primary N) is 1. The van der Waals surface area contributed by atoms with Crippen molar-refractivity contribution in [2.45, 2.75) is 33.2 Å². The van der Waals surface area contributed by atoms with Crippen LogP contribution in [0.25, 0.3) is 0 Å². The highest BCUT2D eigenvalue weighted by Gasteiger charge is 2.14. The van der Waals surface area contributed by atoms with Crippen molar-refractivity contribution in [1.82, 2.24) is 0 Å². The second kappa shape index (κ2) is 6.26. The van der Waals surface area contributed by atoms with E-state index < -0.39 is 0 Å². The predicted molar refractivity (Wildman–Crippen MR) is 73.4 cm³/mol. The summed E-state index contributed by atoms with van der Waals surface area (Å²) in [4.78, 5) is 0. The number of phenolic OH excluding ortho intramolecular Hbond substituents is 1. The Bertz CT molecular complexity index is 380. The van der Waals surface area contributed by atoms with E-state index in [2.05, 4.69) is 29.8 Å². The maximum absolute atomic E-state index is 9.80. The first-order valence-corrected chi connectivity index (χ1v) is 6.65. The summed E-state index contributed by atoms with van der Waals surface area (Å²) in [6.07, 6.45) is 0.906. The third kappa shape index (κ3) is 3.89. The molecular weight excluding hydrogens is 282 g/mol. The molecule has 0 unspecified atom stereocenters. The van der Waals surface area contributed by atoms with Crippen LogP contribution in [0.5, 0.6) is 11.5 Å². The molecular formula is C13H20BrNO2. The monoisotopic (exact) mass is 301 g/mol. The van der Waals surface area contributed by atoms with Crippen LogP contribution in [-0.4, -0.2) is 11.7 Å². The fourth-order valence-electron chi connectivity index (χ4n) is 1.72. The van der Waals surface area contributed by atoms with E-state index in [0.29, 0.717) is 22.7 Å². The highest BCUT2D eigenvalue weighted by molar-refractivity contribution is 9.10. The van der Waals surface area contributed by atoms with E-state index in [1.165, 1.54) is 0 Å². The van der Waals surface area contributed by atoms with Crippen molar-refractivity contribution in [3.63, 3.8) is 0 Å². The molecule has 1 atom stereocenters. The number of rotatable bonds is 5. The van der Waals surface area contributed by atoms with Gasteiger partial charge in [-0.05, 0) is 52.9 Å². The summed E-state index contributed by atoms with van der Waals surface area (Å²) in [5.41, 5.74) is 7.10. The van der Waals surface area contributed by atoms with E-state index in [1.807, 2.05) is 19.1 Å². The lowest BCUT2D eigenvalue weighted by molar-refractivity contribution is 0.316. The standard InChI is InChI=1S/C13H20BrNO2/c1-4-17-12-7-9(6-10(14)13(12)16)11(15)5-8(2)3/h6-8,11,16H,4-5,15H2,1-3H3/t11-/m0/s1. The highest BCUT2D eigenvalue weighted by atomic mass is 79.9. The van der Waals surface area contributed by atoms with Crippen molar-refractivity contribution in [2.75, 3.05) is 6.61 Å². The van der Waals surface area contributed by atoms with Gasteiger partial charge < -0.3 is 15.6 Å². The van der Waals surface area contributed by atoms with E-state index >= 15 is 0 Å². The molecule has 0 amide bonds. The SMILES string of the molecule is CCOc1cc([C@@H](N)CC(C)C)cc(Br)c1O. The molecule has 0 spiro atoms. The van der Waals surface area contributed by atoms with Crippen molar-refractivity contribution in [1.29, 1.82) is 0 Å². The third-order valence-electron chi connectivity index (χ3n) is 2.50. The van der Waals surface area contributed by atoms with Gasteiger partial charge >= 0.3 is 0 Å². The first kappa shape index (κ1) is 14.3. The topological polar surface area (TPSA) is 55.5 Å². The summed E-state index contributed by atoms with van der Waals surface area (Å²) in [7, 11) is 0. The van der Waals surface area contributed by atoms with Crippen molar-refractivity contribution < 1.29 is 9.84 Å². The second-order valence-electron chi connectivity index (χ2n) is 4.52. The lowest BCUT2D eigenvalue weighted by Gasteiger charge is -2.17. The summed E-state index contributed by atoms with van der Waals surface area (Å²) >= 11 is 3.32. The van der Waals surface area contributed by atoms with Gasteiger partial charge in [0.25, 0.3) is 0 Å². The van der Waals surface area contributed by atoms with Gasteiger partial charge in [0.1, 0.15) is 0 Å². The molecule has 0 aliphatic heterocycles. The van der Waals surface area contributed by atoms with Gasteiger partial charge in [-0.1, -0.05) is 13.8 Å². The van der Waals surface area contributed by atoms with Crippen LogP contribution in [0.2, 0.25) is 0 Å². The maximum atomic E-state index is 9.80. The molecule has 0 saturated carbocycles. The van der Waals surface area contributed by atoms with Gasteiger partial charge in [0.15, 0.2) is 11.5 Å². The number of aromatic hydroxyl groups is 1. The van der Waals surface area contributed by atoms with Gasteiger partial charge in [0.2, 0.25) is 0 Å². The number of halogens is 1. The lowest BCUT2D eigenvalue weighted by Crippen LogP contribution is -2.13. The van der Waals surface area contributed by atoms with E-state index in [9.17, 15) is 5.11 Å².